The van der Waals surface area contributed by atoms with E-state index >= 15 is 0 Å². The van der Waals surface area contributed by atoms with Crippen molar-refractivity contribution in [1.29, 1.82) is 0 Å². The molecule has 0 saturated carbocycles. The summed E-state index contributed by atoms with van der Waals surface area (Å²) in [7, 11) is -1.88. The van der Waals surface area contributed by atoms with E-state index in [1.165, 1.54) is 20.2 Å². The SMILES string of the molecule is CO[C@H](C)[C@H](C)OC1C(O[PH](=O)O)[C@@H](CO)O[C@H]1n1cc(C)c(=O)[nH]c1=O. The lowest BCUT2D eigenvalue weighted by Gasteiger charge is -2.29. The highest BCUT2D eigenvalue weighted by molar-refractivity contribution is 7.32. The number of aliphatic hydroxyl groups is 1. The molecule has 2 rings (SSSR count). The van der Waals surface area contributed by atoms with Gasteiger partial charge >= 0.3 is 13.9 Å². The fourth-order valence-corrected chi connectivity index (χ4v) is 3.33. The highest BCUT2D eigenvalue weighted by Crippen LogP contribution is 2.37. The Bertz CT molecular complexity index is 779. The minimum atomic E-state index is -3.38. The molecule has 27 heavy (non-hydrogen) atoms. The topological polar surface area (TPSA) is 149 Å². The van der Waals surface area contributed by atoms with Crippen LogP contribution in [0.4, 0.5) is 0 Å². The van der Waals surface area contributed by atoms with Crippen LogP contribution in [-0.2, 0) is 23.3 Å². The van der Waals surface area contributed by atoms with Gasteiger partial charge in [0.25, 0.3) is 5.56 Å². The maximum Gasteiger partial charge on any atom is 0.330 e. The summed E-state index contributed by atoms with van der Waals surface area (Å²) >= 11 is 0. The van der Waals surface area contributed by atoms with E-state index in [4.69, 9.17) is 18.7 Å². The number of rotatable bonds is 8. The van der Waals surface area contributed by atoms with Gasteiger partial charge in [-0.1, -0.05) is 0 Å². The molecule has 154 valence electrons. The van der Waals surface area contributed by atoms with E-state index in [1.807, 2.05) is 0 Å². The lowest BCUT2D eigenvalue weighted by molar-refractivity contribution is -0.127. The van der Waals surface area contributed by atoms with Crippen molar-refractivity contribution >= 4 is 8.25 Å². The van der Waals surface area contributed by atoms with Crippen LogP contribution in [0.2, 0.25) is 0 Å². The maximum absolute atomic E-state index is 12.3. The van der Waals surface area contributed by atoms with Gasteiger partial charge in [-0.2, -0.15) is 0 Å². The number of H-pyrrole nitrogens is 1. The first-order chi connectivity index (χ1) is 12.7. The molecule has 1 aromatic rings. The lowest BCUT2D eigenvalue weighted by Crippen LogP contribution is -2.43. The van der Waals surface area contributed by atoms with Crippen molar-refractivity contribution in [2.24, 2.45) is 0 Å². The summed E-state index contributed by atoms with van der Waals surface area (Å²) in [5.41, 5.74) is -1.03. The second-order valence-corrected chi connectivity index (χ2v) is 7.09. The predicted molar refractivity (Wildman–Crippen MR) is 94.0 cm³/mol. The van der Waals surface area contributed by atoms with Crippen molar-refractivity contribution in [2.75, 3.05) is 13.7 Å². The van der Waals surface area contributed by atoms with E-state index in [-0.39, 0.29) is 11.7 Å². The van der Waals surface area contributed by atoms with E-state index in [9.17, 15) is 24.2 Å². The standard InChI is InChI=1S/C15H25N2O9P/c1-7-5-17(15(20)16-13(7)19)14-12(24-9(3)8(2)23-4)11(26-27(21)22)10(6-18)25-14/h5,8-12,14,18,27H,6H2,1-4H3,(H,21,22)(H,16,19,20)/t8-,9+,10-,11?,12?,14-/m1/s1. The van der Waals surface area contributed by atoms with Crippen LogP contribution in [0.5, 0.6) is 0 Å². The molecule has 0 spiro atoms. The van der Waals surface area contributed by atoms with Gasteiger partial charge in [-0.15, -0.1) is 0 Å². The third-order valence-corrected chi connectivity index (χ3v) is 5.00. The van der Waals surface area contributed by atoms with E-state index in [0.29, 0.717) is 0 Å². The molecule has 0 radical (unpaired) electrons. The number of aromatic nitrogens is 2. The van der Waals surface area contributed by atoms with Crippen LogP contribution >= 0.6 is 8.25 Å². The number of aliphatic hydroxyl groups excluding tert-OH is 1. The summed E-state index contributed by atoms with van der Waals surface area (Å²) in [6.45, 7) is 4.47. The third-order valence-electron chi connectivity index (χ3n) is 4.53. The molecule has 7 atom stereocenters. The van der Waals surface area contributed by atoms with E-state index < -0.39 is 56.8 Å². The Balaban J connectivity index is 2.46. The Labute approximate surface area is 155 Å². The average Bonchev–Trinajstić information content (AvgIpc) is 2.94. The van der Waals surface area contributed by atoms with Crippen LogP contribution < -0.4 is 11.2 Å². The second kappa shape index (κ2) is 9.24. The van der Waals surface area contributed by atoms with Crippen LogP contribution in [0.25, 0.3) is 0 Å². The normalized spacial score (nSPS) is 28.8. The molecule has 0 aliphatic carbocycles. The minimum absolute atomic E-state index is 0.260. The first kappa shape index (κ1) is 22.0. The molecule has 1 aromatic heterocycles. The van der Waals surface area contributed by atoms with Crippen molar-refractivity contribution in [3.63, 3.8) is 0 Å². The first-order valence-electron chi connectivity index (χ1n) is 8.35. The van der Waals surface area contributed by atoms with Crippen LogP contribution in [0.15, 0.2) is 15.8 Å². The van der Waals surface area contributed by atoms with Crippen LogP contribution in [0.3, 0.4) is 0 Å². The van der Waals surface area contributed by atoms with Crippen molar-refractivity contribution in [3.05, 3.63) is 32.6 Å². The third kappa shape index (κ3) is 4.94. The highest BCUT2D eigenvalue weighted by Gasteiger charge is 2.49. The smallest absolute Gasteiger partial charge is 0.330 e. The Morgan fingerprint density at radius 1 is 1.33 bits per heavy atom. The predicted octanol–water partition coefficient (Wildman–Crippen LogP) is -0.689. The fraction of sp³-hybridized carbons (Fsp3) is 0.733. The molecule has 1 fully saturated rings. The molecule has 1 aliphatic rings. The molecule has 3 unspecified atom stereocenters. The van der Waals surface area contributed by atoms with Gasteiger partial charge in [-0.3, -0.25) is 18.9 Å². The molecule has 12 heteroatoms. The summed E-state index contributed by atoms with van der Waals surface area (Å²) in [5, 5.41) is 9.59. The summed E-state index contributed by atoms with van der Waals surface area (Å²) in [6.07, 6.45) is -3.75. The van der Waals surface area contributed by atoms with Gasteiger partial charge in [-0.05, 0) is 20.8 Å². The van der Waals surface area contributed by atoms with Crippen molar-refractivity contribution in [3.8, 4) is 0 Å². The van der Waals surface area contributed by atoms with Gasteiger partial charge in [0, 0.05) is 18.9 Å². The van der Waals surface area contributed by atoms with Gasteiger partial charge in [0.15, 0.2) is 6.23 Å². The molecule has 2 heterocycles. The van der Waals surface area contributed by atoms with E-state index in [0.717, 1.165) is 4.57 Å². The molecule has 0 bridgehead atoms. The number of aromatic amines is 1. The van der Waals surface area contributed by atoms with Gasteiger partial charge < -0.3 is 28.7 Å². The lowest BCUT2D eigenvalue weighted by atomic mass is 10.1. The Hall–Kier alpha value is -1.33. The molecular weight excluding hydrogens is 383 g/mol. The maximum atomic E-state index is 12.3. The van der Waals surface area contributed by atoms with Gasteiger partial charge in [0.2, 0.25) is 0 Å². The summed E-state index contributed by atoms with van der Waals surface area (Å²) in [4.78, 5) is 35.3. The van der Waals surface area contributed by atoms with Gasteiger partial charge in [-0.25, -0.2) is 4.79 Å². The number of ether oxygens (including phenoxy) is 3. The van der Waals surface area contributed by atoms with Crippen LogP contribution in [0.1, 0.15) is 25.6 Å². The number of methoxy groups -OCH3 is 1. The first-order valence-corrected chi connectivity index (χ1v) is 9.62. The molecule has 11 nitrogen and oxygen atoms in total. The quantitative estimate of drug-likeness (QED) is 0.475. The Morgan fingerprint density at radius 3 is 2.56 bits per heavy atom. The number of hydrogen-bond donors (Lipinski definition) is 3. The fourth-order valence-electron chi connectivity index (χ4n) is 2.81. The van der Waals surface area contributed by atoms with Crippen LogP contribution in [0, 0.1) is 6.92 Å². The van der Waals surface area contributed by atoms with Gasteiger partial charge in [0.05, 0.1) is 18.8 Å². The summed E-state index contributed by atoms with van der Waals surface area (Å²) in [6, 6.07) is 0. The number of aryl methyl sites for hydroxylation is 1. The largest absolute Gasteiger partial charge is 0.394 e. The molecule has 1 aliphatic heterocycles. The molecule has 3 N–H and O–H groups in total. The number of nitrogens with zero attached hydrogens (tertiary/aromatic N) is 1. The zero-order valence-electron chi connectivity index (χ0n) is 15.4. The molecule has 0 aromatic carbocycles. The summed E-state index contributed by atoms with van der Waals surface area (Å²) < 4.78 is 34.3. The minimum Gasteiger partial charge on any atom is -0.394 e. The molecule has 1 saturated heterocycles. The number of nitrogens with one attached hydrogen (secondary N) is 1. The average molecular weight is 408 g/mol. The van der Waals surface area contributed by atoms with Crippen molar-refractivity contribution in [1.82, 2.24) is 9.55 Å². The van der Waals surface area contributed by atoms with E-state index in [2.05, 4.69) is 4.98 Å². The summed E-state index contributed by atoms with van der Waals surface area (Å²) in [5.74, 6) is 0. The Morgan fingerprint density at radius 2 is 2.00 bits per heavy atom. The van der Waals surface area contributed by atoms with Gasteiger partial charge in [0.1, 0.15) is 18.3 Å². The van der Waals surface area contributed by atoms with Crippen LogP contribution in [-0.4, -0.2) is 63.8 Å². The monoisotopic (exact) mass is 408 g/mol. The zero-order valence-corrected chi connectivity index (χ0v) is 16.4. The van der Waals surface area contributed by atoms with E-state index in [1.54, 1.807) is 13.8 Å². The highest BCUT2D eigenvalue weighted by atomic mass is 31.1. The Kier molecular flexibility index (Phi) is 7.52. The van der Waals surface area contributed by atoms with Crippen molar-refractivity contribution < 1.29 is 33.3 Å². The van der Waals surface area contributed by atoms with Crippen molar-refractivity contribution in [2.45, 2.75) is 57.5 Å². The molecular formula is C15H25N2O9P. The second-order valence-electron chi connectivity index (χ2n) is 6.32. The number of hydrogen-bond acceptors (Lipinski definition) is 8. The molecule has 0 amide bonds. The zero-order chi connectivity index (χ0) is 20.3.